The number of amides is 1. The van der Waals surface area contributed by atoms with Crippen molar-refractivity contribution in [2.24, 2.45) is 0 Å². The summed E-state index contributed by atoms with van der Waals surface area (Å²) in [6.07, 6.45) is 2.61. The van der Waals surface area contributed by atoms with Crippen molar-refractivity contribution in [3.63, 3.8) is 0 Å². The topological polar surface area (TPSA) is 41.6 Å². The van der Waals surface area contributed by atoms with Crippen molar-refractivity contribution in [1.29, 1.82) is 0 Å². The SMILES string of the molecule is O=C(NC[C@@H]1CN2CCC[C@H]2CO1)c1sccc1-c1ccccc1. The molecule has 1 aromatic heterocycles. The van der Waals surface area contributed by atoms with E-state index in [1.165, 1.54) is 30.7 Å². The zero-order valence-electron chi connectivity index (χ0n) is 13.6. The van der Waals surface area contributed by atoms with Gasteiger partial charge in [0, 0.05) is 24.7 Å². The molecule has 1 aromatic carbocycles. The third kappa shape index (κ3) is 3.24. The maximum atomic E-state index is 12.6. The Kier molecular flexibility index (Phi) is 4.65. The summed E-state index contributed by atoms with van der Waals surface area (Å²) in [7, 11) is 0. The second-order valence-corrected chi connectivity index (χ2v) is 7.40. The molecule has 2 aliphatic rings. The van der Waals surface area contributed by atoms with Crippen molar-refractivity contribution in [3.8, 4) is 11.1 Å². The third-order valence-electron chi connectivity index (χ3n) is 4.91. The van der Waals surface area contributed by atoms with Gasteiger partial charge in [-0.3, -0.25) is 9.69 Å². The summed E-state index contributed by atoms with van der Waals surface area (Å²) in [4.78, 5) is 15.9. The van der Waals surface area contributed by atoms with Crippen LogP contribution in [0, 0.1) is 0 Å². The summed E-state index contributed by atoms with van der Waals surface area (Å²) < 4.78 is 5.92. The first-order valence-electron chi connectivity index (χ1n) is 8.58. The predicted molar refractivity (Wildman–Crippen MR) is 96.4 cm³/mol. The highest BCUT2D eigenvalue weighted by molar-refractivity contribution is 7.12. The summed E-state index contributed by atoms with van der Waals surface area (Å²) >= 11 is 1.49. The molecule has 1 N–H and O–H groups in total. The molecule has 0 unspecified atom stereocenters. The molecule has 0 radical (unpaired) electrons. The van der Waals surface area contributed by atoms with Crippen LogP contribution in [0.2, 0.25) is 0 Å². The monoisotopic (exact) mass is 342 g/mol. The van der Waals surface area contributed by atoms with Crippen LogP contribution in [0.15, 0.2) is 41.8 Å². The standard InChI is InChI=1S/C19H22N2O2S/c22-19(18-17(8-10-24-18)14-5-2-1-3-6-14)20-11-16-12-21-9-4-7-15(21)13-23-16/h1-3,5-6,8,10,15-16H,4,7,9,11-13H2,(H,20,22)/t15-,16+/m0/s1. The van der Waals surface area contributed by atoms with Gasteiger partial charge in [-0.25, -0.2) is 0 Å². The molecule has 2 fully saturated rings. The van der Waals surface area contributed by atoms with Crippen molar-refractivity contribution >= 4 is 17.2 Å². The highest BCUT2D eigenvalue weighted by Crippen LogP contribution is 2.28. The van der Waals surface area contributed by atoms with Crippen molar-refractivity contribution in [2.75, 3.05) is 26.2 Å². The fraction of sp³-hybridized carbons (Fsp3) is 0.421. The lowest BCUT2D eigenvalue weighted by Crippen LogP contribution is -2.50. The van der Waals surface area contributed by atoms with E-state index in [9.17, 15) is 4.79 Å². The minimum atomic E-state index is -0.00371. The van der Waals surface area contributed by atoms with E-state index >= 15 is 0 Å². The Morgan fingerprint density at radius 3 is 3.04 bits per heavy atom. The molecule has 126 valence electrons. The van der Waals surface area contributed by atoms with E-state index in [4.69, 9.17) is 4.74 Å². The number of morpholine rings is 1. The Morgan fingerprint density at radius 2 is 2.17 bits per heavy atom. The van der Waals surface area contributed by atoms with Crippen molar-refractivity contribution < 1.29 is 9.53 Å². The van der Waals surface area contributed by atoms with E-state index in [-0.39, 0.29) is 12.0 Å². The van der Waals surface area contributed by atoms with Crippen molar-refractivity contribution in [1.82, 2.24) is 10.2 Å². The molecule has 24 heavy (non-hydrogen) atoms. The summed E-state index contributed by atoms with van der Waals surface area (Å²) in [6.45, 7) is 3.48. The molecule has 2 aliphatic heterocycles. The van der Waals surface area contributed by atoms with Crippen molar-refractivity contribution in [3.05, 3.63) is 46.7 Å². The molecule has 0 saturated carbocycles. The van der Waals surface area contributed by atoms with Crippen LogP contribution in [0.3, 0.4) is 0 Å². The fourth-order valence-corrected chi connectivity index (χ4v) is 4.46. The lowest BCUT2D eigenvalue weighted by Gasteiger charge is -2.35. The molecule has 2 atom stereocenters. The van der Waals surface area contributed by atoms with Crippen LogP contribution in [0.4, 0.5) is 0 Å². The highest BCUT2D eigenvalue weighted by atomic mass is 32.1. The number of rotatable bonds is 4. The average Bonchev–Trinajstić information content (AvgIpc) is 3.29. The smallest absolute Gasteiger partial charge is 0.262 e. The average molecular weight is 342 g/mol. The van der Waals surface area contributed by atoms with Gasteiger partial charge in [-0.2, -0.15) is 0 Å². The van der Waals surface area contributed by atoms with Crippen LogP contribution in [0.1, 0.15) is 22.5 Å². The Morgan fingerprint density at radius 1 is 1.29 bits per heavy atom. The number of ether oxygens (including phenoxy) is 1. The lowest BCUT2D eigenvalue weighted by atomic mass is 10.1. The quantitative estimate of drug-likeness (QED) is 0.929. The zero-order chi connectivity index (χ0) is 16.4. The van der Waals surface area contributed by atoms with E-state index < -0.39 is 0 Å². The largest absolute Gasteiger partial charge is 0.373 e. The second-order valence-electron chi connectivity index (χ2n) is 6.49. The van der Waals surface area contributed by atoms with E-state index in [1.54, 1.807) is 0 Å². The van der Waals surface area contributed by atoms with E-state index in [2.05, 4.69) is 10.2 Å². The molecule has 0 aliphatic carbocycles. The lowest BCUT2D eigenvalue weighted by molar-refractivity contribution is -0.0461. The van der Waals surface area contributed by atoms with Gasteiger partial charge in [0.1, 0.15) is 0 Å². The van der Waals surface area contributed by atoms with E-state index in [0.717, 1.165) is 29.2 Å². The number of hydrogen-bond acceptors (Lipinski definition) is 4. The maximum absolute atomic E-state index is 12.6. The number of fused-ring (bicyclic) bond motifs is 1. The van der Waals surface area contributed by atoms with Gasteiger partial charge < -0.3 is 10.1 Å². The summed E-state index contributed by atoms with van der Waals surface area (Å²) in [6, 6.07) is 12.7. The van der Waals surface area contributed by atoms with Crippen LogP contribution in [-0.2, 0) is 4.74 Å². The molecule has 0 spiro atoms. The molecular weight excluding hydrogens is 320 g/mol. The highest BCUT2D eigenvalue weighted by Gasteiger charge is 2.32. The van der Waals surface area contributed by atoms with E-state index in [1.807, 2.05) is 41.8 Å². The van der Waals surface area contributed by atoms with Gasteiger partial charge in [-0.05, 0) is 36.4 Å². The van der Waals surface area contributed by atoms with Crippen LogP contribution >= 0.6 is 11.3 Å². The van der Waals surface area contributed by atoms with Gasteiger partial charge in [0.25, 0.3) is 5.91 Å². The first-order chi connectivity index (χ1) is 11.8. The molecule has 1 amide bonds. The molecule has 2 saturated heterocycles. The molecule has 0 bridgehead atoms. The predicted octanol–water partition coefficient (Wildman–Crippen LogP) is 3.01. The van der Waals surface area contributed by atoms with Gasteiger partial charge in [-0.1, -0.05) is 30.3 Å². The Labute approximate surface area is 146 Å². The summed E-state index contributed by atoms with van der Waals surface area (Å²) in [5, 5.41) is 5.04. The molecular formula is C19H22N2O2S. The van der Waals surface area contributed by atoms with Crippen LogP contribution in [-0.4, -0.2) is 49.2 Å². The normalized spacial score (nSPS) is 23.8. The molecule has 3 heterocycles. The number of benzene rings is 1. The van der Waals surface area contributed by atoms with Gasteiger partial charge in [0.2, 0.25) is 0 Å². The fourth-order valence-electron chi connectivity index (χ4n) is 3.63. The Hall–Kier alpha value is -1.69. The van der Waals surface area contributed by atoms with Gasteiger partial charge in [0.05, 0.1) is 17.6 Å². The number of carbonyl (C=O) groups is 1. The maximum Gasteiger partial charge on any atom is 0.262 e. The van der Waals surface area contributed by atoms with Gasteiger partial charge in [0.15, 0.2) is 0 Å². The van der Waals surface area contributed by atoms with Crippen LogP contribution < -0.4 is 5.32 Å². The molecule has 2 aromatic rings. The first kappa shape index (κ1) is 15.8. The number of hydrogen-bond donors (Lipinski definition) is 1. The summed E-state index contributed by atoms with van der Waals surface area (Å²) in [5.74, 6) is -0.00371. The second kappa shape index (κ2) is 7.05. The molecule has 5 heteroatoms. The van der Waals surface area contributed by atoms with E-state index in [0.29, 0.717) is 12.6 Å². The number of thiophene rings is 1. The summed E-state index contributed by atoms with van der Waals surface area (Å²) in [5.41, 5.74) is 2.08. The van der Waals surface area contributed by atoms with Crippen molar-refractivity contribution in [2.45, 2.75) is 25.0 Å². The van der Waals surface area contributed by atoms with Gasteiger partial charge in [-0.15, -0.1) is 11.3 Å². The number of carbonyl (C=O) groups excluding carboxylic acids is 1. The van der Waals surface area contributed by atoms with Gasteiger partial charge >= 0.3 is 0 Å². The Balaban J connectivity index is 1.38. The Bertz CT molecular complexity index is 700. The molecule has 4 nitrogen and oxygen atoms in total. The molecule has 4 rings (SSSR count). The van der Waals surface area contributed by atoms with Crippen LogP contribution in [0.5, 0.6) is 0 Å². The zero-order valence-corrected chi connectivity index (χ0v) is 14.4. The minimum Gasteiger partial charge on any atom is -0.373 e. The number of nitrogens with zero attached hydrogens (tertiary/aromatic N) is 1. The first-order valence-corrected chi connectivity index (χ1v) is 9.46. The minimum absolute atomic E-state index is 0.00371. The third-order valence-corrected chi connectivity index (χ3v) is 5.82. The van der Waals surface area contributed by atoms with Crippen LogP contribution in [0.25, 0.3) is 11.1 Å². The number of nitrogens with one attached hydrogen (secondary N) is 1.